The Morgan fingerprint density at radius 1 is 0.339 bits per heavy atom. The van der Waals surface area contributed by atoms with Crippen molar-refractivity contribution in [1.82, 2.24) is 29.1 Å². The minimum atomic E-state index is 0.623. The van der Waals surface area contributed by atoms with E-state index in [2.05, 4.69) is 130 Å². The van der Waals surface area contributed by atoms with E-state index in [0.717, 1.165) is 61.2 Å². The molecule has 0 saturated carbocycles. The normalized spacial score (nSPS) is 11.6. The van der Waals surface area contributed by atoms with Gasteiger partial charge in [0.1, 0.15) is 5.65 Å². The number of para-hydroxylation sites is 2. The van der Waals surface area contributed by atoms with E-state index in [0.29, 0.717) is 17.5 Å². The summed E-state index contributed by atoms with van der Waals surface area (Å²) in [5, 5.41) is 4.70. The van der Waals surface area contributed by atoms with Crippen LogP contribution >= 0.6 is 0 Å². The fraction of sp³-hybridized carbons (Fsp3) is 0. The Hall–Kier alpha value is -7.70. The Morgan fingerprint density at radius 2 is 0.929 bits per heavy atom. The van der Waals surface area contributed by atoms with Crippen LogP contribution in [0.2, 0.25) is 0 Å². The van der Waals surface area contributed by atoms with E-state index < -0.39 is 0 Å². The molecule has 0 aliphatic rings. The van der Waals surface area contributed by atoms with Crippen molar-refractivity contribution in [2.24, 2.45) is 0 Å². The molecule has 11 rings (SSSR count). The standard InChI is InChI=1S/C50H32N6/c1-4-15-33(16-5-1)47-52-48(34-17-6-2-7-18-34)54-49(53-47)36-19-12-22-38(31-36)55-43-26-11-10-23-42(43)46-39(24-13-27-44(46)55)35-28-29-40-41-25-14-30-51-50(41)56(45(40)32-35)37-20-8-3-9-21-37/h1-32H. The van der Waals surface area contributed by atoms with E-state index in [1.54, 1.807) is 0 Å². The predicted molar refractivity (Wildman–Crippen MR) is 228 cm³/mol. The highest BCUT2D eigenvalue weighted by molar-refractivity contribution is 6.17. The van der Waals surface area contributed by atoms with Crippen molar-refractivity contribution < 1.29 is 0 Å². The van der Waals surface area contributed by atoms with Crippen LogP contribution in [0.5, 0.6) is 0 Å². The first-order valence-corrected chi connectivity index (χ1v) is 18.7. The Kier molecular flexibility index (Phi) is 7.38. The Bertz CT molecular complexity index is 3180. The minimum Gasteiger partial charge on any atom is -0.309 e. The number of benzene rings is 7. The third-order valence-electron chi connectivity index (χ3n) is 10.6. The highest BCUT2D eigenvalue weighted by atomic mass is 15.1. The van der Waals surface area contributed by atoms with E-state index in [-0.39, 0.29) is 0 Å². The zero-order valence-corrected chi connectivity index (χ0v) is 30.2. The molecule has 4 heterocycles. The summed E-state index contributed by atoms with van der Waals surface area (Å²) in [6.45, 7) is 0. The summed E-state index contributed by atoms with van der Waals surface area (Å²) in [6.07, 6.45) is 1.87. The van der Waals surface area contributed by atoms with Crippen molar-refractivity contribution in [3.05, 3.63) is 194 Å². The average Bonchev–Trinajstić information content (AvgIpc) is 3.80. The van der Waals surface area contributed by atoms with Gasteiger partial charge < -0.3 is 4.57 Å². The second kappa shape index (κ2) is 13.0. The third kappa shape index (κ3) is 5.19. The number of aromatic nitrogens is 6. The van der Waals surface area contributed by atoms with Gasteiger partial charge >= 0.3 is 0 Å². The van der Waals surface area contributed by atoms with Crippen molar-refractivity contribution in [2.45, 2.75) is 0 Å². The molecule has 0 spiro atoms. The van der Waals surface area contributed by atoms with Gasteiger partial charge in [-0.25, -0.2) is 19.9 Å². The van der Waals surface area contributed by atoms with Crippen LogP contribution in [0.1, 0.15) is 0 Å². The summed E-state index contributed by atoms with van der Waals surface area (Å²) in [7, 11) is 0. The maximum atomic E-state index is 5.03. The molecule has 262 valence electrons. The fourth-order valence-corrected chi connectivity index (χ4v) is 8.11. The van der Waals surface area contributed by atoms with Crippen LogP contribution in [0.3, 0.4) is 0 Å². The molecule has 0 saturated heterocycles. The molecular formula is C50H32N6. The molecule has 0 radical (unpaired) electrons. The van der Waals surface area contributed by atoms with E-state index in [9.17, 15) is 0 Å². The zero-order valence-electron chi connectivity index (χ0n) is 30.2. The summed E-state index contributed by atoms with van der Waals surface area (Å²) >= 11 is 0. The molecular weight excluding hydrogens is 685 g/mol. The van der Waals surface area contributed by atoms with Gasteiger partial charge in [0.15, 0.2) is 17.5 Å². The van der Waals surface area contributed by atoms with Gasteiger partial charge in [0, 0.05) is 55.8 Å². The molecule has 11 aromatic rings. The monoisotopic (exact) mass is 716 g/mol. The van der Waals surface area contributed by atoms with Gasteiger partial charge in [-0.1, -0.05) is 133 Å². The van der Waals surface area contributed by atoms with E-state index >= 15 is 0 Å². The molecule has 0 unspecified atom stereocenters. The lowest BCUT2D eigenvalue weighted by atomic mass is 9.98. The second-order valence-corrected chi connectivity index (χ2v) is 13.9. The van der Waals surface area contributed by atoms with Gasteiger partial charge in [0.05, 0.1) is 16.6 Å². The largest absolute Gasteiger partial charge is 0.309 e. The minimum absolute atomic E-state index is 0.623. The summed E-state index contributed by atoms with van der Waals surface area (Å²) in [6, 6.07) is 65.5. The highest BCUT2D eigenvalue weighted by Gasteiger charge is 2.20. The highest BCUT2D eigenvalue weighted by Crippen LogP contribution is 2.41. The van der Waals surface area contributed by atoms with E-state index in [4.69, 9.17) is 19.9 Å². The molecule has 0 N–H and O–H groups in total. The zero-order chi connectivity index (χ0) is 37.0. The second-order valence-electron chi connectivity index (χ2n) is 13.9. The average molecular weight is 717 g/mol. The Balaban J connectivity index is 1.10. The molecule has 0 aliphatic carbocycles. The molecule has 0 bridgehead atoms. The van der Waals surface area contributed by atoms with Gasteiger partial charge in [0.2, 0.25) is 0 Å². The van der Waals surface area contributed by atoms with Crippen molar-refractivity contribution in [1.29, 1.82) is 0 Å². The molecule has 0 atom stereocenters. The third-order valence-corrected chi connectivity index (χ3v) is 10.6. The van der Waals surface area contributed by atoms with Crippen molar-refractivity contribution >= 4 is 43.7 Å². The SMILES string of the molecule is c1ccc(-c2nc(-c3ccccc3)nc(-c3cccc(-n4c5ccccc5c5c(-c6ccc7c8cccnc8n(-c8ccccc8)c7c6)cccc54)c3)n2)cc1. The number of hydrogen-bond donors (Lipinski definition) is 0. The summed E-state index contributed by atoms with van der Waals surface area (Å²) in [5.74, 6) is 1.90. The van der Waals surface area contributed by atoms with E-state index in [1.807, 2.05) is 72.9 Å². The summed E-state index contributed by atoms with van der Waals surface area (Å²) < 4.78 is 4.63. The maximum Gasteiger partial charge on any atom is 0.164 e. The topological polar surface area (TPSA) is 61.4 Å². The molecule has 56 heavy (non-hydrogen) atoms. The molecule has 7 aromatic carbocycles. The van der Waals surface area contributed by atoms with E-state index in [1.165, 1.54) is 21.7 Å². The quantitative estimate of drug-likeness (QED) is 0.172. The summed E-state index contributed by atoms with van der Waals surface area (Å²) in [5.41, 5.74) is 11.5. The van der Waals surface area contributed by atoms with Crippen LogP contribution in [0.4, 0.5) is 0 Å². The van der Waals surface area contributed by atoms with Gasteiger partial charge in [-0.2, -0.15) is 0 Å². The number of nitrogens with zero attached hydrogens (tertiary/aromatic N) is 6. The van der Waals surface area contributed by atoms with Crippen molar-refractivity contribution in [2.75, 3.05) is 0 Å². The smallest absolute Gasteiger partial charge is 0.164 e. The van der Waals surface area contributed by atoms with Gasteiger partial charge in [0.25, 0.3) is 0 Å². The molecule has 0 fully saturated rings. The van der Waals surface area contributed by atoms with Crippen LogP contribution in [0.15, 0.2) is 194 Å². The molecule has 6 nitrogen and oxygen atoms in total. The number of hydrogen-bond acceptors (Lipinski definition) is 4. The lowest BCUT2D eigenvalue weighted by molar-refractivity contribution is 1.07. The van der Waals surface area contributed by atoms with Crippen LogP contribution in [0, 0.1) is 0 Å². The van der Waals surface area contributed by atoms with Crippen LogP contribution < -0.4 is 0 Å². The van der Waals surface area contributed by atoms with Crippen molar-refractivity contribution in [3.8, 4) is 56.7 Å². The van der Waals surface area contributed by atoms with Gasteiger partial charge in [-0.3, -0.25) is 4.57 Å². The maximum absolute atomic E-state index is 5.03. The number of fused-ring (bicyclic) bond motifs is 6. The lowest BCUT2D eigenvalue weighted by Crippen LogP contribution is -2.01. The van der Waals surface area contributed by atoms with Crippen LogP contribution in [-0.4, -0.2) is 29.1 Å². The first kappa shape index (κ1) is 31.8. The Labute approximate surface area is 322 Å². The molecule has 0 amide bonds. The number of rotatable bonds is 6. The molecule has 6 heteroatoms. The van der Waals surface area contributed by atoms with Crippen LogP contribution in [0.25, 0.3) is 100 Å². The van der Waals surface area contributed by atoms with Crippen LogP contribution in [-0.2, 0) is 0 Å². The predicted octanol–water partition coefficient (Wildman–Crippen LogP) is 12.1. The fourth-order valence-electron chi connectivity index (χ4n) is 8.11. The number of pyridine rings is 1. The summed E-state index contributed by atoms with van der Waals surface area (Å²) in [4.78, 5) is 19.8. The Morgan fingerprint density at radius 3 is 1.68 bits per heavy atom. The van der Waals surface area contributed by atoms with Gasteiger partial charge in [-0.05, 0) is 65.7 Å². The molecule has 0 aliphatic heterocycles. The lowest BCUT2D eigenvalue weighted by Gasteiger charge is -2.12. The first-order valence-electron chi connectivity index (χ1n) is 18.7. The van der Waals surface area contributed by atoms with Crippen molar-refractivity contribution in [3.63, 3.8) is 0 Å². The first-order chi connectivity index (χ1) is 27.8. The molecule has 4 aromatic heterocycles. The van der Waals surface area contributed by atoms with Gasteiger partial charge in [-0.15, -0.1) is 0 Å².